The average Bonchev–Trinajstić information content (AvgIpc) is 2.76. The van der Waals surface area contributed by atoms with Crippen molar-refractivity contribution >= 4 is 17.4 Å². The number of nitrogens with zero attached hydrogens (tertiary/aromatic N) is 2. The van der Waals surface area contributed by atoms with Gasteiger partial charge in [0.05, 0.1) is 6.54 Å². The molecule has 0 saturated carbocycles. The molecule has 32 heavy (non-hydrogen) atoms. The van der Waals surface area contributed by atoms with Crippen LogP contribution in [0, 0.1) is 5.92 Å². The minimum absolute atomic E-state index is 0.0102. The molecule has 3 rings (SSSR count). The van der Waals surface area contributed by atoms with Gasteiger partial charge in [-0.3, -0.25) is 19.1 Å². The van der Waals surface area contributed by atoms with Crippen LogP contribution in [0.1, 0.15) is 44.2 Å². The van der Waals surface area contributed by atoms with Crippen LogP contribution in [0.15, 0.2) is 70.3 Å². The van der Waals surface area contributed by atoms with Crippen molar-refractivity contribution in [2.45, 2.75) is 39.7 Å². The van der Waals surface area contributed by atoms with Crippen molar-refractivity contribution in [3.63, 3.8) is 0 Å². The molecule has 0 spiro atoms. The van der Waals surface area contributed by atoms with Crippen molar-refractivity contribution in [2.75, 3.05) is 17.2 Å². The Kier molecular flexibility index (Phi) is 7.30. The summed E-state index contributed by atoms with van der Waals surface area (Å²) in [7, 11) is 0. The average molecular weight is 435 g/mol. The molecule has 1 heterocycles. The van der Waals surface area contributed by atoms with Gasteiger partial charge in [0.25, 0.3) is 5.56 Å². The Morgan fingerprint density at radius 1 is 1.00 bits per heavy atom. The summed E-state index contributed by atoms with van der Waals surface area (Å²) >= 11 is 0. The first-order valence-electron chi connectivity index (χ1n) is 10.8. The Labute approximate surface area is 187 Å². The van der Waals surface area contributed by atoms with Gasteiger partial charge >= 0.3 is 5.69 Å². The van der Waals surface area contributed by atoms with E-state index in [0.717, 1.165) is 11.1 Å². The lowest BCUT2D eigenvalue weighted by atomic mass is 9.97. The van der Waals surface area contributed by atoms with E-state index in [0.29, 0.717) is 6.54 Å². The SMILES string of the molecule is CC(C)CN(C(=O)C[C@@H](C)c1ccccc1)c1c(N)n(Cc2ccccc2)c(=O)[nH]c1=O. The third kappa shape index (κ3) is 5.35. The number of anilines is 2. The number of H-pyrrole nitrogens is 1. The molecule has 0 aliphatic rings. The quantitative estimate of drug-likeness (QED) is 0.568. The summed E-state index contributed by atoms with van der Waals surface area (Å²) in [6.07, 6.45) is 0.216. The molecule has 1 amide bonds. The van der Waals surface area contributed by atoms with Crippen molar-refractivity contribution in [3.05, 3.63) is 92.6 Å². The maximum Gasteiger partial charge on any atom is 0.330 e. The maximum absolute atomic E-state index is 13.4. The number of benzene rings is 2. The third-order valence-corrected chi connectivity index (χ3v) is 5.37. The number of carbonyl (C=O) groups excluding carboxylic acids is 1. The molecule has 0 aliphatic carbocycles. The fourth-order valence-electron chi connectivity index (χ4n) is 3.72. The standard InChI is InChI=1S/C25H30N4O3/c1-17(2)15-28(21(30)14-18(3)20-12-8-5-9-13-20)22-23(26)29(25(32)27-24(22)31)16-19-10-6-4-7-11-19/h4-13,17-18H,14-16,26H2,1-3H3,(H,27,31,32)/t18-/m1/s1. The van der Waals surface area contributed by atoms with Gasteiger partial charge in [-0.1, -0.05) is 81.4 Å². The van der Waals surface area contributed by atoms with E-state index >= 15 is 0 Å². The van der Waals surface area contributed by atoms with Crippen LogP contribution in [0.2, 0.25) is 0 Å². The fraction of sp³-hybridized carbons (Fsp3) is 0.320. The summed E-state index contributed by atoms with van der Waals surface area (Å²) in [6, 6.07) is 19.1. The lowest BCUT2D eigenvalue weighted by Gasteiger charge is -2.27. The number of aromatic amines is 1. The first-order chi connectivity index (χ1) is 15.3. The second-order valence-corrected chi connectivity index (χ2v) is 8.48. The molecule has 3 aromatic rings. The van der Waals surface area contributed by atoms with Crippen molar-refractivity contribution in [3.8, 4) is 0 Å². The molecular weight excluding hydrogens is 404 g/mol. The summed E-state index contributed by atoms with van der Waals surface area (Å²) < 4.78 is 1.30. The smallest absolute Gasteiger partial charge is 0.330 e. The van der Waals surface area contributed by atoms with Gasteiger partial charge < -0.3 is 10.6 Å². The fourth-order valence-corrected chi connectivity index (χ4v) is 3.72. The van der Waals surface area contributed by atoms with Crippen LogP contribution in [-0.2, 0) is 11.3 Å². The van der Waals surface area contributed by atoms with Crippen LogP contribution >= 0.6 is 0 Å². The number of amides is 1. The van der Waals surface area contributed by atoms with Gasteiger partial charge in [0.15, 0.2) is 5.69 Å². The van der Waals surface area contributed by atoms with E-state index in [1.807, 2.05) is 81.4 Å². The van der Waals surface area contributed by atoms with Crippen LogP contribution < -0.4 is 21.9 Å². The molecular formula is C25H30N4O3. The van der Waals surface area contributed by atoms with Crippen molar-refractivity contribution < 1.29 is 4.79 Å². The lowest BCUT2D eigenvalue weighted by Crippen LogP contribution is -2.43. The van der Waals surface area contributed by atoms with Crippen molar-refractivity contribution in [2.24, 2.45) is 5.92 Å². The van der Waals surface area contributed by atoms with E-state index < -0.39 is 11.2 Å². The zero-order valence-electron chi connectivity index (χ0n) is 18.7. The number of hydrogen-bond acceptors (Lipinski definition) is 4. The van der Waals surface area contributed by atoms with Crippen LogP contribution in [0.5, 0.6) is 0 Å². The highest BCUT2D eigenvalue weighted by Gasteiger charge is 2.26. The molecule has 0 bridgehead atoms. The molecule has 0 saturated heterocycles. The Balaban J connectivity index is 1.99. The Bertz CT molecular complexity index is 1170. The van der Waals surface area contributed by atoms with Crippen LogP contribution in [0.3, 0.4) is 0 Å². The summed E-state index contributed by atoms with van der Waals surface area (Å²) in [5.74, 6) is -0.158. The second-order valence-electron chi connectivity index (χ2n) is 8.48. The molecule has 0 unspecified atom stereocenters. The van der Waals surface area contributed by atoms with E-state index in [-0.39, 0.29) is 42.2 Å². The predicted octanol–water partition coefficient (Wildman–Crippen LogP) is 3.35. The minimum atomic E-state index is -0.654. The zero-order valence-corrected chi connectivity index (χ0v) is 18.7. The Morgan fingerprint density at radius 2 is 1.59 bits per heavy atom. The number of nitrogens with one attached hydrogen (secondary N) is 1. The third-order valence-electron chi connectivity index (χ3n) is 5.37. The van der Waals surface area contributed by atoms with E-state index in [4.69, 9.17) is 5.73 Å². The summed E-state index contributed by atoms with van der Waals surface area (Å²) in [5.41, 5.74) is 7.01. The van der Waals surface area contributed by atoms with E-state index in [2.05, 4.69) is 4.98 Å². The molecule has 7 nitrogen and oxygen atoms in total. The number of carbonyl (C=O) groups is 1. The molecule has 3 N–H and O–H groups in total. The number of aromatic nitrogens is 2. The first-order valence-corrected chi connectivity index (χ1v) is 10.8. The molecule has 0 aliphatic heterocycles. The van der Waals surface area contributed by atoms with Gasteiger partial charge in [-0.25, -0.2) is 4.79 Å². The number of rotatable bonds is 8. The van der Waals surface area contributed by atoms with Gasteiger partial charge in [-0.15, -0.1) is 0 Å². The molecule has 1 atom stereocenters. The molecule has 7 heteroatoms. The Morgan fingerprint density at radius 3 is 2.19 bits per heavy atom. The minimum Gasteiger partial charge on any atom is -0.383 e. The van der Waals surface area contributed by atoms with Crippen LogP contribution in [0.25, 0.3) is 0 Å². The highest BCUT2D eigenvalue weighted by Crippen LogP contribution is 2.24. The highest BCUT2D eigenvalue weighted by molar-refractivity contribution is 5.96. The van der Waals surface area contributed by atoms with Crippen molar-refractivity contribution in [1.29, 1.82) is 0 Å². The van der Waals surface area contributed by atoms with Gasteiger partial charge in [0, 0.05) is 13.0 Å². The highest BCUT2D eigenvalue weighted by atomic mass is 16.2. The largest absolute Gasteiger partial charge is 0.383 e. The predicted molar refractivity (Wildman–Crippen MR) is 128 cm³/mol. The van der Waals surface area contributed by atoms with Gasteiger partial charge in [0.2, 0.25) is 5.91 Å². The monoisotopic (exact) mass is 434 g/mol. The molecule has 1 aromatic heterocycles. The van der Waals surface area contributed by atoms with E-state index in [9.17, 15) is 14.4 Å². The van der Waals surface area contributed by atoms with Gasteiger partial charge in [-0.05, 0) is 23.0 Å². The molecule has 168 valence electrons. The molecule has 2 aromatic carbocycles. The summed E-state index contributed by atoms with van der Waals surface area (Å²) in [4.78, 5) is 42.4. The second kappa shape index (κ2) is 10.1. The van der Waals surface area contributed by atoms with Gasteiger partial charge in [0.1, 0.15) is 5.82 Å². The summed E-state index contributed by atoms with van der Waals surface area (Å²) in [5, 5.41) is 0. The molecule has 0 radical (unpaired) electrons. The normalized spacial score (nSPS) is 12.0. The number of nitrogen functional groups attached to an aromatic ring is 1. The van der Waals surface area contributed by atoms with E-state index in [1.165, 1.54) is 9.47 Å². The van der Waals surface area contributed by atoms with Gasteiger partial charge in [-0.2, -0.15) is 0 Å². The Hall–Kier alpha value is -3.61. The van der Waals surface area contributed by atoms with Crippen LogP contribution in [-0.4, -0.2) is 22.0 Å². The lowest BCUT2D eigenvalue weighted by molar-refractivity contribution is -0.119. The number of nitrogens with two attached hydrogens (primary N) is 1. The number of hydrogen-bond donors (Lipinski definition) is 2. The molecule has 0 fully saturated rings. The van der Waals surface area contributed by atoms with Crippen molar-refractivity contribution in [1.82, 2.24) is 9.55 Å². The zero-order chi connectivity index (χ0) is 23.3. The first kappa shape index (κ1) is 23.1. The van der Waals surface area contributed by atoms with Crippen LogP contribution in [0.4, 0.5) is 11.5 Å². The topological polar surface area (TPSA) is 101 Å². The summed E-state index contributed by atoms with van der Waals surface area (Å²) in [6.45, 7) is 6.41. The van der Waals surface area contributed by atoms with E-state index in [1.54, 1.807) is 0 Å². The maximum atomic E-state index is 13.4.